The van der Waals surface area contributed by atoms with Crippen LogP contribution >= 0.6 is 0 Å². The molecular formula is C27H31N9O3. The molecule has 1 aromatic carbocycles. The van der Waals surface area contributed by atoms with Gasteiger partial charge in [0.25, 0.3) is 5.91 Å². The van der Waals surface area contributed by atoms with Crippen molar-refractivity contribution in [2.45, 2.75) is 13.3 Å². The Bertz CT molecular complexity index is 1460. The van der Waals surface area contributed by atoms with Gasteiger partial charge in [-0.15, -0.1) is 0 Å². The summed E-state index contributed by atoms with van der Waals surface area (Å²) >= 11 is 0. The summed E-state index contributed by atoms with van der Waals surface area (Å²) in [7, 11) is 0. The number of aromatic nitrogens is 4. The lowest BCUT2D eigenvalue weighted by atomic mass is 10.0. The Morgan fingerprint density at radius 2 is 1.87 bits per heavy atom. The van der Waals surface area contributed by atoms with Gasteiger partial charge in [0.1, 0.15) is 17.7 Å². The van der Waals surface area contributed by atoms with Gasteiger partial charge < -0.3 is 21.1 Å². The van der Waals surface area contributed by atoms with Crippen LogP contribution in [0.4, 0.5) is 22.1 Å². The van der Waals surface area contributed by atoms with Gasteiger partial charge in [-0.05, 0) is 49.7 Å². The topological polar surface area (TPSA) is 152 Å². The summed E-state index contributed by atoms with van der Waals surface area (Å²) in [5.74, 6) is 0.503. The molecule has 3 aromatic heterocycles. The van der Waals surface area contributed by atoms with E-state index in [1.165, 1.54) is 6.33 Å². The van der Waals surface area contributed by atoms with E-state index < -0.39 is 6.03 Å². The lowest BCUT2D eigenvalue weighted by Crippen LogP contribution is -2.38. The second-order valence-electron chi connectivity index (χ2n) is 9.24. The summed E-state index contributed by atoms with van der Waals surface area (Å²) in [6, 6.07) is 12.1. The van der Waals surface area contributed by atoms with Gasteiger partial charge >= 0.3 is 6.03 Å². The van der Waals surface area contributed by atoms with Gasteiger partial charge in [-0.2, -0.15) is 5.10 Å². The largest absolute Gasteiger partial charge is 0.382 e. The van der Waals surface area contributed by atoms with Crippen LogP contribution in [0.25, 0.3) is 16.6 Å². The van der Waals surface area contributed by atoms with Gasteiger partial charge in [0, 0.05) is 42.8 Å². The lowest BCUT2D eigenvalue weighted by molar-refractivity contribution is 0.0374. The van der Waals surface area contributed by atoms with Crippen molar-refractivity contribution in [3.8, 4) is 11.1 Å². The van der Waals surface area contributed by atoms with E-state index >= 15 is 0 Å². The maximum atomic E-state index is 13.3. The monoisotopic (exact) mass is 529 g/mol. The molecule has 39 heavy (non-hydrogen) atoms. The maximum Gasteiger partial charge on any atom is 0.324 e. The fourth-order valence-corrected chi connectivity index (χ4v) is 4.54. The Balaban J connectivity index is 1.30. The van der Waals surface area contributed by atoms with Crippen molar-refractivity contribution < 1.29 is 14.3 Å². The highest BCUT2D eigenvalue weighted by molar-refractivity contribution is 6.07. The SMILES string of the molecule is Cc1cccc(NC(=O)Nc2ccc(-c3c(C(=O)NCCCN4CCOCC4)cn4ncnc(N)c34)cc2)n1. The second kappa shape index (κ2) is 11.9. The van der Waals surface area contributed by atoms with Gasteiger partial charge in [0.2, 0.25) is 0 Å². The molecule has 0 unspecified atom stereocenters. The third-order valence-corrected chi connectivity index (χ3v) is 6.45. The van der Waals surface area contributed by atoms with E-state index in [2.05, 4.69) is 35.9 Å². The van der Waals surface area contributed by atoms with Crippen LogP contribution in [0.5, 0.6) is 0 Å². The van der Waals surface area contributed by atoms with Crippen molar-refractivity contribution >= 4 is 34.8 Å². The van der Waals surface area contributed by atoms with Crippen LogP contribution < -0.4 is 21.7 Å². The number of aryl methyl sites for hydroxylation is 1. The summed E-state index contributed by atoms with van der Waals surface area (Å²) in [5.41, 5.74) is 9.93. The number of rotatable bonds is 8. The molecule has 0 spiro atoms. The molecule has 4 aromatic rings. The van der Waals surface area contributed by atoms with E-state index in [1.807, 2.05) is 31.2 Å². The summed E-state index contributed by atoms with van der Waals surface area (Å²) in [6.45, 7) is 6.61. The molecule has 4 heterocycles. The quantitative estimate of drug-likeness (QED) is 0.254. The smallest absolute Gasteiger partial charge is 0.324 e. The van der Waals surface area contributed by atoms with E-state index in [0.717, 1.165) is 50.5 Å². The molecule has 202 valence electrons. The summed E-state index contributed by atoms with van der Waals surface area (Å²) in [6.07, 6.45) is 3.84. The molecule has 0 atom stereocenters. The maximum absolute atomic E-state index is 13.3. The number of urea groups is 1. The third kappa shape index (κ3) is 6.30. The van der Waals surface area contributed by atoms with Crippen molar-refractivity contribution in [3.05, 3.63) is 66.2 Å². The fraction of sp³-hybridized carbons (Fsp3) is 0.296. The van der Waals surface area contributed by atoms with Gasteiger partial charge in [-0.1, -0.05) is 18.2 Å². The number of carbonyl (C=O) groups excluding carboxylic acids is 2. The molecule has 1 saturated heterocycles. The molecule has 1 fully saturated rings. The number of anilines is 3. The lowest BCUT2D eigenvalue weighted by Gasteiger charge is -2.26. The van der Waals surface area contributed by atoms with Crippen LogP contribution in [0.1, 0.15) is 22.5 Å². The number of carbonyl (C=O) groups is 2. The summed E-state index contributed by atoms with van der Waals surface area (Å²) < 4.78 is 6.95. The predicted octanol–water partition coefficient (Wildman–Crippen LogP) is 2.78. The van der Waals surface area contributed by atoms with Crippen molar-refractivity contribution in [1.29, 1.82) is 0 Å². The van der Waals surface area contributed by atoms with E-state index in [1.54, 1.807) is 28.9 Å². The first-order chi connectivity index (χ1) is 19.0. The van der Waals surface area contributed by atoms with Crippen LogP contribution in [-0.2, 0) is 4.74 Å². The zero-order valence-corrected chi connectivity index (χ0v) is 21.7. The summed E-state index contributed by atoms with van der Waals surface area (Å²) in [5, 5.41) is 12.8. The molecule has 5 N–H and O–H groups in total. The van der Waals surface area contributed by atoms with Gasteiger partial charge in [0.05, 0.1) is 18.8 Å². The standard InChI is InChI=1S/C27H31N9O3/c1-18-4-2-5-22(32-18)34-27(38)33-20-8-6-19(7-9-20)23-21(16-36-24(23)25(28)30-17-31-36)26(37)29-10-3-11-35-12-14-39-15-13-35/h2,4-9,16-17H,3,10-15H2,1H3,(H,29,37)(H2,28,30,31)(H2,32,33,34,38). The molecule has 5 rings (SSSR count). The number of amides is 3. The number of benzene rings is 1. The zero-order chi connectivity index (χ0) is 27.2. The number of fused-ring (bicyclic) bond motifs is 1. The second-order valence-corrected chi connectivity index (χ2v) is 9.24. The molecule has 0 saturated carbocycles. The first-order valence-corrected chi connectivity index (χ1v) is 12.8. The molecule has 12 heteroatoms. The van der Waals surface area contributed by atoms with Crippen LogP contribution in [0.15, 0.2) is 55.0 Å². The normalized spacial score (nSPS) is 13.8. The van der Waals surface area contributed by atoms with Crippen molar-refractivity contribution in [2.24, 2.45) is 0 Å². The van der Waals surface area contributed by atoms with Crippen molar-refractivity contribution in [1.82, 2.24) is 29.8 Å². The van der Waals surface area contributed by atoms with Gasteiger partial charge in [0.15, 0.2) is 5.82 Å². The molecule has 0 bridgehead atoms. The van der Waals surface area contributed by atoms with Crippen molar-refractivity contribution in [3.63, 3.8) is 0 Å². The fourth-order valence-electron chi connectivity index (χ4n) is 4.54. The van der Waals surface area contributed by atoms with Crippen LogP contribution in [0.2, 0.25) is 0 Å². The highest BCUT2D eigenvalue weighted by Gasteiger charge is 2.21. The third-order valence-electron chi connectivity index (χ3n) is 6.45. The molecule has 0 aliphatic carbocycles. The Morgan fingerprint density at radius 3 is 2.64 bits per heavy atom. The highest BCUT2D eigenvalue weighted by Crippen LogP contribution is 2.33. The highest BCUT2D eigenvalue weighted by atomic mass is 16.5. The number of nitrogens with one attached hydrogen (secondary N) is 3. The van der Waals surface area contributed by atoms with E-state index in [-0.39, 0.29) is 11.7 Å². The average Bonchev–Trinajstić information content (AvgIpc) is 3.33. The molecule has 3 amide bonds. The predicted molar refractivity (Wildman–Crippen MR) is 149 cm³/mol. The number of pyridine rings is 1. The Hall–Kier alpha value is -4.55. The number of ether oxygens (including phenoxy) is 1. The van der Waals surface area contributed by atoms with Gasteiger partial charge in [-0.25, -0.2) is 19.3 Å². The van der Waals surface area contributed by atoms with Crippen LogP contribution in [0, 0.1) is 6.92 Å². The number of hydrogen-bond acceptors (Lipinski definition) is 8. The minimum absolute atomic E-state index is 0.218. The Morgan fingerprint density at radius 1 is 1.08 bits per heavy atom. The minimum Gasteiger partial charge on any atom is -0.382 e. The molecule has 0 radical (unpaired) electrons. The Labute approximate surface area is 225 Å². The molecular weight excluding hydrogens is 498 g/mol. The zero-order valence-electron chi connectivity index (χ0n) is 21.7. The molecule has 1 aliphatic rings. The first kappa shape index (κ1) is 26.1. The Kier molecular flexibility index (Phi) is 7.94. The van der Waals surface area contributed by atoms with E-state index in [0.29, 0.717) is 34.7 Å². The average molecular weight is 530 g/mol. The van der Waals surface area contributed by atoms with Crippen LogP contribution in [0.3, 0.4) is 0 Å². The summed E-state index contributed by atoms with van der Waals surface area (Å²) in [4.78, 5) is 36.4. The number of hydrogen-bond donors (Lipinski definition) is 4. The van der Waals surface area contributed by atoms with Crippen molar-refractivity contribution in [2.75, 3.05) is 55.8 Å². The number of morpholine rings is 1. The molecule has 1 aliphatic heterocycles. The first-order valence-electron chi connectivity index (χ1n) is 12.8. The van der Waals surface area contributed by atoms with Gasteiger partial charge in [-0.3, -0.25) is 15.0 Å². The van der Waals surface area contributed by atoms with Crippen LogP contribution in [-0.4, -0.2) is 75.8 Å². The van der Waals surface area contributed by atoms with E-state index in [9.17, 15) is 9.59 Å². The molecule has 12 nitrogen and oxygen atoms in total. The number of nitrogen functional groups attached to an aromatic ring is 1. The number of nitrogens with two attached hydrogens (primary N) is 1. The minimum atomic E-state index is -0.412. The number of nitrogens with zero attached hydrogens (tertiary/aromatic N) is 5. The van der Waals surface area contributed by atoms with E-state index in [4.69, 9.17) is 10.5 Å².